The molecule has 1 amide bonds. The van der Waals surface area contributed by atoms with Gasteiger partial charge in [0.05, 0.1) is 5.92 Å². The van der Waals surface area contributed by atoms with Gasteiger partial charge in [0.2, 0.25) is 5.91 Å². The Morgan fingerprint density at radius 1 is 1.12 bits per heavy atom. The summed E-state index contributed by atoms with van der Waals surface area (Å²) >= 11 is 0. The molecular weight excluding hydrogens is 302 g/mol. The van der Waals surface area contributed by atoms with E-state index in [4.69, 9.17) is 0 Å². The molecule has 0 aromatic heterocycles. The summed E-state index contributed by atoms with van der Waals surface area (Å²) < 4.78 is 0. The summed E-state index contributed by atoms with van der Waals surface area (Å²) in [7, 11) is 0. The maximum atomic E-state index is 11.9. The van der Waals surface area contributed by atoms with E-state index in [1.165, 1.54) is 0 Å². The Bertz CT molecular complexity index is 433. The van der Waals surface area contributed by atoms with Crippen molar-refractivity contribution in [1.29, 1.82) is 0 Å². The second-order valence-corrected chi connectivity index (χ2v) is 8.98. The maximum Gasteiger partial charge on any atom is 0.307 e. The van der Waals surface area contributed by atoms with Gasteiger partial charge in [-0.2, -0.15) is 0 Å². The molecule has 0 rings (SSSR count). The van der Waals surface area contributed by atoms with Crippen LogP contribution in [0.1, 0.15) is 80.1 Å². The number of nitrogens with one attached hydrogen (secondary N) is 1. The maximum absolute atomic E-state index is 11.9. The Morgan fingerprint density at radius 3 is 2.17 bits per heavy atom. The largest absolute Gasteiger partial charge is 0.481 e. The monoisotopic (exact) mass is 339 g/mol. The van der Waals surface area contributed by atoms with Gasteiger partial charge in [-0.1, -0.05) is 60.1 Å². The number of hydrogen-bond acceptors (Lipinski definition) is 2. The first-order chi connectivity index (χ1) is 10.9. The molecule has 2 N–H and O–H groups in total. The fourth-order valence-electron chi connectivity index (χ4n) is 3.54. The number of carboxylic acids is 1. The van der Waals surface area contributed by atoms with Gasteiger partial charge in [0.15, 0.2) is 0 Å². The van der Waals surface area contributed by atoms with Crippen LogP contribution in [0.15, 0.2) is 12.2 Å². The van der Waals surface area contributed by atoms with Gasteiger partial charge in [-0.05, 0) is 36.5 Å². The van der Waals surface area contributed by atoms with Gasteiger partial charge >= 0.3 is 5.97 Å². The molecule has 140 valence electrons. The van der Waals surface area contributed by atoms with E-state index in [1.54, 1.807) is 0 Å². The first-order valence-corrected chi connectivity index (χ1v) is 9.02. The summed E-state index contributed by atoms with van der Waals surface area (Å²) in [5.74, 6) is -1.79. The van der Waals surface area contributed by atoms with Crippen LogP contribution in [-0.2, 0) is 9.59 Å². The molecular formula is C20H37NO3. The van der Waals surface area contributed by atoms with E-state index in [9.17, 15) is 14.7 Å². The highest BCUT2D eigenvalue weighted by molar-refractivity contribution is 5.82. The van der Waals surface area contributed by atoms with Gasteiger partial charge in [-0.15, -0.1) is 0 Å². The molecule has 0 aromatic carbocycles. The smallest absolute Gasteiger partial charge is 0.307 e. The van der Waals surface area contributed by atoms with Gasteiger partial charge in [-0.3, -0.25) is 9.59 Å². The van der Waals surface area contributed by atoms with Crippen LogP contribution in [0.4, 0.5) is 0 Å². The summed E-state index contributed by atoms with van der Waals surface area (Å²) in [5.41, 5.74) is 1.20. The fraction of sp³-hybridized carbons (Fsp3) is 0.800. The van der Waals surface area contributed by atoms with Crippen LogP contribution in [0, 0.1) is 16.7 Å². The highest BCUT2D eigenvalue weighted by Gasteiger charge is 2.28. The van der Waals surface area contributed by atoms with Crippen molar-refractivity contribution < 1.29 is 14.7 Å². The number of aliphatic carboxylic acids is 1. The quantitative estimate of drug-likeness (QED) is 0.420. The van der Waals surface area contributed by atoms with Crippen molar-refractivity contribution in [3.63, 3.8) is 0 Å². The average molecular weight is 340 g/mol. The summed E-state index contributed by atoms with van der Waals surface area (Å²) in [6.45, 7) is 17.7. The van der Waals surface area contributed by atoms with Crippen molar-refractivity contribution >= 4 is 11.9 Å². The Hall–Kier alpha value is -1.32. The van der Waals surface area contributed by atoms with Crippen LogP contribution < -0.4 is 5.32 Å². The Kier molecular flexibility index (Phi) is 9.31. The zero-order valence-corrected chi connectivity index (χ0v) is 16.5. The van der Waals surface area contributed by atoms with E-state index in [0.717, 1.165) is 31.3 Å². The third-order valence-electron chi connectivity index (χ3n) is 3.91. The van der Waals surface area contributed by atoms with Crippen molar-refractivity contribution in [3.8, 4) is 0 Å². The predicted molar refractivity (Wildman–Crippen MR) is 99.9 cm³/mol. The number of amides is 1. The van der Waals surface area contributed by atoms with Gasteiger partial charge in [0, 0.05) is 13.0 Å². The molecule has 0 aliphatic rings. The number of allylic oxidation sites excluding steroid dienone is 1. The third-order valence-corrected chi connectivity index (χ3v) is 3.91. The molecule has 0 aromatic rings. The molecule has 0 heterocycles. The molecule has 0 aliphatic heterocycles. The van der Waals surface area contributed by atoms with Crippen LogP contribution in [0.3, 0.4) is 0 Å². The average Bonchev–Trinajstić information content (AvgIpc) is 2.34. The van der Waals surface area contributed by atoms with Crippen LogP contribution >= 0.6 is 0 Å². The van der Waals surface area contributed by atoms with E-state index in [-0.39, 0.29) is 23.2 Å². The van der Waals surface area contributed by atoms with Crippen LogP contribution in [0.25, 0.3) is 0 Å². The lowest BCUT2D eigenvalue weighted by Crippen LogP contribution is -2.29. The molecule has 1 atom stereocenters. The van der Waals surface area contributed by atoms with Crippen molar-refractivity contribution in [3.05, 3.63) is 12.2 Å². The minimum atomic E-state index is -0.921. The second-order valence-electron chi connectivity index (χ2n) is 8.98. The normalized spacial score (nSPS) is 13.4. The SMILES string of the molecule is C=C(CC(CC(=O)NCCCC)C(=O)O)CC(C)(C)CC(C)(C)C. The Morgan fingerprint density at radius 2 is 1.71 bits per heavy atom. The molecule has 24 heavy (non-hydrogen) atoms. The summed E-state index contributed by atoms with van der Waals surface area (Å²) in [6.07, 6.45) is 4.13. The number of carbonyl (C=O) groups is 2. The lowest BCUT2D eigenvalue weighted by Gasteiger charge is -2.33. The molecule has 4 heteroatoms. The van der Waals surface area contributed by atoms with Gasteiger partial charge in [-0.25, -0.2) is 0 Å². The summed E-state index contributed by atoms with van der Waals surface area (Å²) in [5, 5.41) is 12.2. The molecule has 1 unspecified atom stereocenters. The first-order valence-electron chi connectivity index (χ1n) is 9.02. The summed E-state index contributed by atoms with van der Waals surface area (Å²) in [4.78, 5) is 23.4. The molecule has 0 radical (unpaired) electrons. The molecule has 0 bridgehead atoms. The minimum absolute atomic E-state index is 0.0256. The van der Waals surface area contributed by atoms with Crippen LogP contribution in [-0.4, -0.2) is 23.5 Å². The van der Waals surface area contributed by atoms with E-state index < -0.39 is 11.9 Å². The minimum Gasteiger partial charge on any atom is -0.481 e. The zero-order chi connectivity index (χ0) is 19.0. The van der Waals surface area contributed by atoms with Crippen molar-refractivity contribution in [2.75, 3.05) is 6.54 Å². The number of rotatable bonds is 11. The van der Waals surface area contributed by atoms with Crippen molar-refractivity contribution in [1.82, 2.24) is 5.32 Å². The lowest BCUT2D eigenvalue weighted by atomic mass is 9.72. The Balaban J connectivity index is 4.58. The number of carbonyl (C=O) groups excluding carboxylic acids is 1. The zero-order valence-electron chi connectivity index (χ0n) is 16.5. The summed E-state index contributed by atoms with van der Waals surface area (Å²) in [6, 6.07) is 0. The lowest BCUT2D eigenvalue weighted by molar-refractivity contribution is -0.144. The van der Waals surface area contributed by atoms with E-state index in [2.05, 4.69) is 53.4 Å². The van der Waals surface area contributed by atoms with Crippen LogP contribution in [0.5, 0.6) is 0 Å². The molecule has 0 saturated carbocycles. The molecule has 0 aliphatic carbocycles. The third kappa shape index (κ3) is 11.3. The highest BCUT2D eigenvalue weighted by atomic mass is 16.4. The first kappa shape index (κ1) is 22.7. The van der Waals surface area contributed by atoms with Crippen LogP contribution in [0.2, 0.25) is 0 Å². The fourth-order valence-corrected chi connectivity index (χ4v) is 3.54. The van der Waals surface area contributed by atoms with Gasteiger partial charge in [0.25, 0.3) is 0 Å². The molecule has 0 fully saturated rings. The predicted octanol–water partition coefficient (Wildman–Crippen LogP) is 4.79. The van der Waals surface area contributed by atoms with Crippen molar-refractivity contribution in [2.24, 2.45) is 16.7 Å². The standard InChI is InChI=1S/C20H37NO3/c1-8-9-10-21-17(22)12-16(18(23)24)11-15(2)13-20(6,7)14-19(3,4)5/h16H,2,8-14H2,1,3-7H3,(H,21,22)(H,23,24). The Labute approximate surface area is 148 Å². The molecule has 0 saturated heterocycles. The number of hydrogen-bond donors (Lipinski definition) is 2. The molecule has 0 spiro atoms. The highest BCUT2D eigenvalue weighted by Crippen LogP contribution is 2.38. The van der Waals surface area contributed by atoms with E-state index in [0.29, 0.717) is 13.0 Å². The number of unbranched alkanes of at least 4 members (excludes halogenated alkanes) is 1. The van der Waals surface area contributed by atoms with E-state index in [1.807, 2.05) is 0 Å². The topological polar surface area (TPSA) is 66.4 Å². The molecule has 4 nitrogen and oxygen atoms in total. The van der Waals surface area contributed by atoms with Gasteiger partial charge < -0.3 is 10.4 Å². The van der Waals surface area contributed by atoms with Gasteiger partial charge in [0.1, 0.15) is 0 Å². The van der Waals surface area contributed by atoms with Crippen molar-refractivity contribution in [2.45, 2.75) is 80.1 Å². The van der Waals surface area contributed by atoms with E-state index >= 15 is 0 Å². The number of carboxylic acid groups (broad SMARTS) is 1. The second kappa shape index (κ2) is 9.85.